The monoisotopic (exact) mass is 313 g/mol. The maximum Gasteiger partial charge on any atom is 0.200 e. The number of hydrogen-bond donors (Lipinski definition) is 0. The molecule has 0 N–H and O–H groups in total. The average molecular weight is 313 g/mol. The molecule has 1 aromatic carbocycles. The number of hydrogen-bond acceptors (Lipinski definition) is 3. The van der Waals surface area contributed by atoms with Crippen molar-refractivity contribution in [3.05, 3.63) is 34.6 Å². The Bertz CT molecular complexity index is 506. The van der Waals surface area contributed by atoms with E-state index in [-0.39, 0.29) is 5.25 Å². The second-order valence-electron chi connectivity index (χ2n) is 3.93. The lowest BCUT2D eigenvalue weighted by atomic mass is 10.2. The normalized spacial score (nSPS) is 13.5. The first-order chi connectivity index (χ1) is 9.31. The zero-order chi connectivity index (χ0) is 15.4. The van der Waals surface area contributed by atoms with Gasteiger partial charge in [-0.05, 0) is 20.1 Å². The van der Waals surface area contributed by atoms with Gasteiger partial charge in [0.05, 0.1) is 11.3 Å². The quantitative estimate of drug-likeness (QED) is 0.269. The van der Waals surface area contributed by atoms with Crippen LogP contribution in [0.25, 0.3) is 0 Å². The summed E-state index contributed by atoms with van der Waals surface area (Å²) in [5.41, 5.74) is -0.517. The summed E-state index contributed by atoms with van der Waals surface area (Å²) in [5, 5.41) is 3.58. The molecule has 112 valence electrons. The van der Waals surface area contributed by atoms with Crippen molar-refractivity contribution in [1.29, 1.82) is 0 Å². The van der Waals surface area contributed by atoms with Crippen LogP contribution in [0.1, 0.15) is 19.4 Å². The van der Waals surface area contributed by atoms with Crippen LogP contribution in [0.2, 0.25) is 0 Å². The molecule has 0 fully saturated rings. The number of oxime groups is 1. The van der Waals surface area contributed by atoms with Crippen molar-refractivity contribution < 1.29 is 26.8 Å². The Hall–Kier alpha value is -1.31. The molecule has 0 heterocycles. The molecule has 0 aliphatic rings. The minimum absolute atomic E-state index is 0.00591. The molecule has 8 heteroatoms. The molecule has 20 heavy (non-hydrogen) atoms. The lowest BCUT2D eigenvalue weighted by molar-refractivity contribution is 0.122. The van der Waals surface area contributed by atoms with E-state index in [1.165, 1.54) is 11.8 Å². The Labute approximate surface area is 117 Å². The third-order valence-electron chi connectivity index (χ3n) is 2.66. The first kappa shape index (κ1) is 16.7. The topological polar surface area (TPSA) is 21.6 Å². The fraction of sp³-hybridized carbons (Fsp3) is 0.417. The van der Waals surface area contributed by atoms with E-state index in [0.717, 1.165) is 0 Å². The Balaban J connectivity index is 2.95. The van der Waals surface area contributed by atoms with Crippen LogP contribution in [0.5, 0.6) is 0 Å². The predicted molar refractivity (Wildman–Crippen MR) is 67.1 cm³/mol. The third-order valence-corrected chi connectivity index (χ3v) is 3.71. The van der Waals surface area contributed by atoms with E-state index < -0.39 is 41.3 Å². The molecule has 0 bridgehead atoms. The van der Waals surface area contributed by atoms with Gasteiger partial charge in [-0.3, -0.25) is 0 Å². The van der Waals surface area contributed by atoms with E-state index in [0.29, 0.717) is 5.71 Å². The lowest BCUT2D eigenvalue weighted by Gasteiger charge is -2.09. The van der Waals surface area contributed by atoms with Gasteiger partial charge in [0, 0.05) is 5.25 Å². The summed E-state index contributed by atoms with van der Waals surface area (Å²) < 4.78 is 65.2. The van der Waals surface area contributed by atoms with E-state index in [4.69, 9.17) is 0 Å². The summed E-state index contributed by atoms with van der Waals surface area (Å²) in [6.45, 7) is 2.61. The third kappa shape index (κ3) is 3.41. The molecule has 0 saturated heterocycles. The molecule has 0 spiro atoms. The summed E-state index contributed by atoms with van der Waals surface area (Å²) in [7, 11) is 0. The van der Waals surface area contributed by atoms with Crippen LogP contribution in [0.3, 0.4) is 0 Å². The van der Waals surface area contributed by atoms with Gasteiger partial charge in [0.15, 0.2) is 23.3 Å². The molecule has 0 aliphatic carbocycles. The number of nitrogens with zero attached hydrogens (tertiary/aromatic N) is 1. The minimum atomic E-state index is -2.19. The van der Waals surface area contributed by atoms with Crippen LogP contribution in [0.15, 0.2) is 5.16 Å². The highest BCUT2D eigenvalue weighted by molar-refractivity contribution is 7.99. The van der Waals surface area contributed by atoms with E-state index in [1.54, 1.807) is 6.92 Å². The van der Waals surface area contributed by atoms with Crippen molar-refractivity contribution in [3.8, 4) is 0 Å². The SMILES string of the molecule is CSC(C)/C(C)=N\OCc1c(F)c(F)c(F)c(F)c1F. The van der Waals surface area contributed by atoms with Crippen LogP contribution in [-0.4, -0.2) is 17.2 Å². The molecular weight excluding hydrogens is 301 g/mol. The van der Waals surface area contributed by atoms with Gasteiger partial charge in [0.25, 0.3) is 0 Å². The van der Waals surface area contributed by atoms with Crippen molar-refractivity contribution >= 4 is 17.5 Å². The highest BCUT2D eigenvalue weighted by atomic mass is 32.2. The van der Waals surface area contributed by atoms with Gasteiger partial charge in [-0.25, -0.2) is 22.0 Å². The molecule has 1 atom stereocenters. The second kappa shape index (κ2) is 6.92. The summed E-state index contributed by atoms with van der Waals surface area (Å²) in [6, 6.07) is 0. The van der Waals surface area contributed by atoms with Gasteiger partial charge in [-0.2, -0.15) is 11.8 Å². The molecule has 0 saturated carbocycles. The molecular formula is C12H12F5NOS. The van der Waals surface area contributed by atoms with Gasteiger partial charge < -0.3 is 4.84 Å². The number of benzene rings is 1. The molecule has 1 rings (SSSR count). The smallest absolute Gasteiger partial charge is 0.200 e. The van der Waals surface area contributed by atoms with Crippen molar-refractivity contribution in [1.82, 2.24) is 0 Å². The predicted octanol–water partition coefficient (Wildman–Crippen LogP) is 4.03. The number of halogens is 5. The Morgan fingerprint density at radius 2 is 1.50 bits per heavy atom. The fourth-order valence-corrected chi connectivity index (χ4v) is 1.60. The first-order valence-electron chi connectivity index (χ1n) is 5.50. The maximum atomic E-state index is 13.3. The Kier molecular flexibility index (Phi) is 5.79. The molecule has 2 nitrogen and oxygen atoms in total. The molecule has 0 amide bonds. The highest BCUT2D eigenvalue weighted by Gasteiger charge is 2.25. The van der Waals surface area contributed by atoms with Crippen molar-refractivity contribution in [2.45, 2.75) is 25.7 Å². The molecule has 0 aliphatic heterocycles. The zero-order valence-electron chi connectivity index (χ0n) is 10.9. The van der Waals surface area contributed by atoms with E-state index in [1.807, 2.05) is 13.2 Å². The van der Waals surface area contributed by atoms with E-state index >= 15 is 0 Å². The maximum absolute atomic E-state index is 13.3. The minimum Gasteiger partial charge on any atom is -0.391 e. The van der Waals surface area contributed by atoms with Gasteiger partial charge in [0.2, 0.25) is 5.82 Å². The van der Waals surface area contributed by atoms with E-state index in [9.17, 15) is 22.0 Å². The fourth-order valence-electron chi connectivity index (χ4n) is 1.22. The van der Waals surface area contributed by atoms with E-state index in [2.05, 4.69) is 9.99 Å². The summed E-state index contributed by atoms with van der Waals surface area (Å²) in [4.78, 5) is 4.65. The van der Waals surface area contributed by atoms with Crippen LogP contribution in [-0.2, 0) is 11.4 Å². The summed E-state index contributed by atoms with van der Waals surface area (Å²) in [6.07, 6.45) is 1.83. The van der Waals surface area contributed by atoms with Crippen LogP contribution in [0.4, 0.5) is 22.0 Å². The molecule has 0 radical (unpaired) electrons. The zero-order valence-corrected chi connectivity index (χ0v) is 11.8. The average Bonchev–Trinajstić information content (AvgIpc) is 2.45. The Morgan fingerprint density at radius 3 is 1.95 bits per heavy atom. The van der Waals surface area contributed by atoms with Crippen molar-refractivity contribution in [2.75, 3.05) is 6.26 Å². The van der Waals surface area contributed by atoms with Crippen molar-refractivity contribution in [2.24, 2.45) is 5.16 Å². The largest absolute Gasteiger partial charge is 0.391 e. The van der Waals surface area contributed by atoms with Gasteiger partial charge in [0.1, 0.15) is 6.61 Å². The Morgan fingerprint density at radius 1 is 1.05 bits per heavy atom. The lowest BCUT2D eigenvalue weighted by Crippen LogP contribution is -2.11. The van der Waals surface area contributed by atoms with Crippen molar-refractivity contribution in [3.63, 3.8) is 0 Å². The summed E-state index contributed by atoms with van der Waals surface area (Å²) in [5.74, 6) is -10.0. The number of rotatable bonds is 5. The van der Waals surface area contributed by atoms with Crippen LogP contribution >= 0.6 is 11.8 Å². The van der Waals surface area contributed by atoms with Gasteiger partial charge in [-0.1, -0.05) is 5.16 Å². The van der Waals surface area contributed by atoms with Crippen LogP contribution in [0, 0.1) is 29.1 Å². The highest BCUT2D eigenvalue weighted by Crippen LogP contribution is 2.23. The molecule has 0 aromatic heterocycles. The van der Waals surface area contributed by atoms with Gasteiger partial charge >= 0.3 is 0 Å². The van der Waals surface area contributed by atoms with Crippen LogP contribution < -0.4 is 0 Å². The summed E-state index contributed by atoms with van der Waals surface area (Å²) >= 11 is 1.46. The first-order valence-corrected chi connectivity index (χ1v) is 6.79. The second-order valence-corrected chi connectivity index (χ2v) is 5.11. The number of thioether (sulfide) groups is 1. The van der Waals surface area contributed by atoms with Gasteiger partial charge in [-0.15, -0.1) is 0 Å². The molecule has 1 aromatic rings. The standard InChI is InChI=1S/C12H12F5NOS/c1-5(6(2)20-3)18-19-4-7-8(13)10(15)12(17)11(16)9(7)14/h6H,4H2,1-3H3/b18-5-. The molecule has 1 unspecified atom stereocenters.